The number of aliphatic hydroxyl groups is 1. The predicted molar refractivity (Wildman–Crippen MR) is 54.4 cm³/mol. The van der Waals surface area contributed by atoms with Crippen molar-refractivity contribution < 1.29 is 9.84 Å². The summed E-state index contributed by atoms with van der Waals surface area (Å²) in [5.74, 6) is 0.859. The van der Waals surface area contributed by atoms with Gasteiger partial charge in [-0.1, -0.05) is 18.2 Å². The van der Waals surface area contributed by atoms with Crippen LogP contribution in [-0.2, 0) is 5.41 Å². The Hall–Kier alpha value is -1.06. The van der Waals surface area contributed by atoms with Crippen LogP contribution >= 0.6 is 0 Å². The number of benzene rings is 1. The number of hydrogen-bond acceptors (Lipinski definition) is 3. The Morgan fingerprint density at radius 3 is 2.93 bits per heavy atom. The second-order valence-corrected chi connectivity index (χ2v) is 3.74. The number of rotatable bonds is 2. The van der Waals surface area contributed by atoms with Gasteiger partial charge in [-0.25, -0.2) is 0 Å². The maximum absolute atomic E-state index is 9.45. The minimum atomic E-state index is -0.297. The van der Waals surface area contributed by atoms with E-state index >= 15 is 0 Å². The third-order valence-corrected chi connectivity index (χ3v) is 2.99. The molecule has 1 aliphatic heterocycles. The molecule has 76 valence electrons. The first kappa shape index (κ1) is 9.49. The molecule has 3 heteroatoms. The average Bonchev–Trinajstić information content (AvgIpc) is 2.28. The topological polar surface area (TPSA) is 55.5 Å². The summed E-state index contributed by atoms with van der Waals surface area (Å²) in [6.07, 6.45) is 0.789. The summed E-state index contributed by atoms with van der Waals surface area (Å²) in [5.41, 5.74) is 6.49. The zero-order valence-corrected chi connectivity index (χ0v) is 8.07. The predicted octanol–water partition coefficient (Wildman–Crippen LogP) is 0.658. The largest absolute Gasteiger partial charge is 0.493 e. The Morgan fingerprint density at radius 1 is 1.43 bits per heavy atom. The Bertz CT molecular complexity index is 321. The summed E-state index contributed by atoms with van der Waals surface area (Å²) in [5, 5.41) is 9.45. The van der Waals surface area contributed by atoms with E-state index in [2.05, 4.69) is 0 Å². The summed E-state index contributed by atoms with van der Waals surface area (Å²) in [4.78, 5) is 0. The van der Waals surface area contributed by atoms with Gasteiger partial charge in [-0.05, 0) is 12.5 Å². The summed E-state index contributed by atoms with van der Waals surface area (Å²) < 4.78 is 5.52. The van der Waals surface area contributed by atoms with Crippen LogP contribution in [0.3, 0.4) is 0 Å². The van der Waals surface area contributed by atoms with Crippen LogP contribution in [0.5, 0.6) is 5.75 Å². The molecule has 3 nitrogen and oxygen atoms in total. The van der Waals surface area contributed by atoms with Crippen molar-refractivity contribution in [1.29, 1.82) is 0 Å². The second-order valence-electron chi connectivity index (χ2n) is 3.74. The van der Waals surface area contributed by atoms with Crippen LogP contribution < -0.4 is 10.5 Å². The number of hydrogen-bond donors (Lipinski definition) is 2. The third kappa shape index (κ3) is 1.29. The minimum Gasteiger partial charge on any atom is -0.493 e. The van der Waals surface area contributed by atoms with Crippen LogP contribution in [0.25, 0.3) is 0 Å². The van der Waals surface area contributed by atoms with E-state index in [0.29, 0.717) is 13.2 Å². The highest BCUT2D eigenvalue weighted by Gasteiger charge is 2.35. The van der Waals surface area contributed by atoms with Crippen LogP contribution in [0.4, 0.5) is 0 Å². The number of aliphatic hydroxyl groups excluding tert-OH is 1. The van der Waals surface area contributed by atoms with E-state index in [1.165, 1.54) is 0 Å². The van der Waals surface area contributed by atoms with Crippen LogP contribution in [0.15, 0.2) is 24.3 Å². The molecule has 1 aromatic rings. The highest BCUT2D eigenvalue weighted by atomic mass is 16.5. The number of nitrogens with two attached hydrogens (primary N) is 1. The molecule has 1 unspecified atom stereocenters. The van der Waals surface area contributed by atoms with Crippen molar-refractivity contribution in [3.8, 4) is 5.75 Å². The molecule has 3 N–H and O–H groups in total. The van der Waals surface area contributed by atoms with Crippen molar-refractivity contribution in [2.75, 3.05) is 19.8 Å². The third-order valence-electron chi connectivity index (χ3n) is 2.99. The van der Waals surface area contributed by atoms with Gasteiger partial charge in [-0.3, -0.25) is 0 Å². The maximum Gasteiger partial charge on any atom is 0.123 e. The van der Waals surface area contributed by atoms with E-state index in [-0.39, 0.29) is 12.0 Å². The fourth-order valence-electron chi connectivity index (χ4n) is 1.96. The lowest BCUT2D eigenvalue weighted by atomic mass is 9.77. The minimum absolute atomic E-state index is 0.0872. The molecule has 0 amide bonds. The molecule has 0 spiro atoms. The van der Waals surface area contributed by atoms with Crippen molar-refractivity contribution in [2.45, 2.75) is 11.8 Å². The van der Waals surface area contributed by atoms with E-state index in [9.17, 15) is 5.11 Å². The molecule has 0 aromatic heterocycles. The van der Waals surface area contributed by atoms with Gasteiger partial charge in [0.1, 0.15) is 5.75 Å². The highest BCUT2D eigenvalue weighted by molar-refractivity contribution is 5.41. The van der Waals surface area contributed by atoms with Gasteiger partial charge in [0.2, 0.25) is 0 Å². The van der Waals surface area contributed by atoms with Gasteiger partial charge >= 0.3 is 0 Å². The van der Waals surface area contributed by atoms with Crippen LogP contribution in [0.2, 0.25) is 0 Å². The van der Waals surface area contributed by atoms with E-state index in [4.69, 9.17) is 10.5 Å². The normalized spacial score (nSPS) is 25.3. The molecular formula is C11H15NO2. The smallest absolute Gasteiger partial charge is 0.123 e. The molecule has 1 heterocycles. The van der Waals surface area contributed by atoms with Gasteiger partial charge in [-0.2, -0.15) is 0 Å². The number of ether oxygens (including phenoxy) is 1. The first-order chi connectivity index (χ1) is 6.82. The van der Waals surface area contributed by atoms with Gasteiger partial charge in [0.05, 0.1) is 13.2 Å². The molecule has 1 aliphatic rings. The molecule has 0 aliphatic carbocycles. The monoisotopic (exact) mass is 193 g/mol. The molecular weight excluding hydrogens is 178 g/mol. The summed E-state index contributed by atoms with van der Waals surface area (Å²) in [6, 6.07) is 7.79. The molecule has 2 rings (SSSR count). The SMILES string of the molecule is NCC1(CO)CCOc2ccccc21. The Labute approximate surface area is 83.5 Å². The highest BCUT2D eigenvalue weighted by Crippen LogP contribution is 2.37. The summed E-state index contributed by atoms with van der Waals surface area (Å²) in [7, 11) is 0. The fraction of sp³-hybridized carbons (Fsp3) is 0.455. The maximum atomic E-state index is 9.45. The quantitative estimate of drug-likeness (QED) is 0.725. The van der Waals surface area contributed by atoms with Gasteiger partial charge in [-0.15, -0.1) is 0 Å². The Morgan fingerprint density at radius 2 is 2.21 bits per heavy atom. The zero-order chi connectivity index (χ0) is 10.0. The first-order valence-electron chi connectivity index (χ1n) is 4.86. The van der Waals surface area contributed by atoms with Crippen molar-refractivity contribution >= 4 is 0 Å². The molecule has 1 aromatic carbocycles. The van der Waals surface area contributed by atoms with Crippen molar-refractivity contribution in [3.63, 3.8) is 0 Å². The standard InChI is InChI=1S/C11H15NO2/c12-7-11(8-13)5-6-14-10-4-2-1-3-9(10)11/h1-4,13H,5-8,12H2. The summed E-state index contributed by atoms with van der Waals surface area (Å²) in [6.45, 7) is 1.18. The van der Waals surface area contributed by atoms with Crippen LogP contribution in [0, 0.1) is 0 Å². The second kappa shape index (κ2) is 3.59. The van der Waals surface area contributed by atoms with Crippen molar-refractivity contribution in [2.24, 2.45) is 5.73 Å². The zero-order valence-electron chi connectivity index (χ0n) is 8.07. The van der Waals surface area contributed by atoms with E-state index in [1.54, 1.807) is 0 Å². The molecule has 14 heavy (non-hydrogen) atoms. The number of para-hydroxylation sites is 1. The lowest BCUT2D eigenvalue weighted by molar-refractivity contribution is 0.139. The fourth-order valence-corrected chi connectivity index (χ4v) is 1.96. The molecule has 0 fully saturated rings. The summed E-state index contributed by atoms with van der Waals surface area (Å²) >= 11 is 0. The van der Waals surface area contributed by atoms with Gasteiger partial charge in [0.15, 0.2) is 0 Å². The number of fused-ring (bicyclic) bond motifs is 1. The van der Waals surface area contributed by atoms with E-state index in [0.717, 1.165) is 17.7 Å². The molecule has 0 saturated heterocycles. The van der Waals surface area contributed by atoms with Crippen LogP contribution in [-0.4, -0.2) is 24.9 Å². The molecule has 0 saturated carbocycles. The lowest BCUT2D eigenvalue weighted by Crippen LogP contribution is -2.42. The van der Waals surface area contributed by atoms with E-state index in [1.807, 2.05) is 24.3 Å². The average molecular weight is 193 g/mol. The first-order valence-corrected chi connectivity index (χ1v) is 4.86. The molecule has 0 bridgehead atoms. The lowest BCUT2D eigenvalue weighted by Gasteiger charge is -2.36. The van der Waals surface area contributed by atoms with Crippen molar-refractivity contribution in [3.05, 3.63) is 29.8 Å². The van der Waals surface area contributed by atoms with Gasteiger partial charge < -0.3 is 15.6 Å². The Balaban J connectivity index is 2.48. The van der Waals surface area contributed by atoms with Crippen LogP contribution in [0.1, 0.15) is 12.0 Å². The Kier molecular flexibility index (Phi) is 2.44. The van der Waals surface area contributed by atoms with E-state index < -0.39 is 0 Å². The molecule has 1 atom stereocenters. The van der Waals surface area contributed by atoms with Gasteiger partial charge in [0, 0.05) is 17.5 Å². The van der Waals surface area contributed by atoms with Crippen molar-refractivity contribution in [1.82, 2.24) is 0 Å². The molecule has 0 radical (unpaired) electrons. The van der Waals surface area contributed by atoms with Gasteiger partial charge in [0.25, 0.3) is 0 Å².